The number of nitrogens with zero attached hydrogens (tertiary/aromatic N) is 2. The van der Waals surface area contributed by atoms with Gasteiger partial charge in [0.25, 0.3) is 0 Å². The van der Waals surface area contributed by atoms with Gasteiger partial charge < -0.3 is 15.1 Å². The first-order valence-electron chi connectivity index (χ1n) is 7.57. The monoisotopic (exact) mass is 298 g/mol. The molecule has 0 saturated carbocycles. The van der Waals surface area contributed by atoms with Crippen LogP contribution in [0, 0.1) is 5.41 Å². The standard InChI is InChI=1S/C15H26N2O4/c1-11(18)17-10-15(8-12(19)14(17,2)3)4-6-16(7-5-15)9-13(20)21/h12,19H,4-10H2,1-3H3,(H,20,21)/t12-/m0/s1. The Hall–Kier alpha value is -1.14. The lowest BCUT2D eigenvalue weighted by atomic mass is 9.67. The van der Waals surface area contributed by atoms with Crippen molar-refractivity contribution in [1.29, 1.82) is 0 Å². The number of aliphatic hydroxyl groups is 1. The number of carboxylic acids is 1. The lowest BCUT2D eigenvalue weighted by molar-refractivity contribution is -0.157. The van der Waals surface area contributed by atoms with Gasteiger partial charge in [0.1, 0.15) is 0 Å². The van der Waals surface area contributed by atoms with Gasteiger partial charge in [-0.15, -0.1) is 0 Å². The fourth-order valence-electron chi connectivity index (χ4n) is 3.70. The van der Waals surface area contributed by atoms with Crippen LogP contribution in [0.5, 0.6) is 0 Å². The van der Waals surface area contributed by atoms with Gasteiger partial charge in [0.2, 0.25) is 5.91 Å². The van der Waals surface area contributed by atoms with Gasteiger partial charge in [0.15, 0.2) is 0 Å². The average Bonchev–Trinajstić information content (AvgIpc) is 2.36. The van der Waals surface area contributed by atoms with Crippen LogP contribution >= 0.6 is 0 Å². The molecule has 1 spiro atoms. The van der Waals surface area contributed by atoms with Crippen LogP contribution in [0.15, 0.2) is 0 Å². The van der Waals surface area contributed by atoms with Crippen molar-refractivity contribution in [3.05, 3.63) is 0 Å². The van der Waals surface area contributed by atoms with Gasteiger partial charge in [-0.1, -0.05) is 0 Å². The highest BCUT2D eigenvalue weighted by Crippen LogP contribution is 2.44. The van der Waals surface area contributed by atoms with Crippen molar-refractivity contribution in [3.8, 4) is 0 Å². The molecular weight excluding hydrogens is 272 g/mol. The molecule has 0 aromatic rings. The van der Waals surface area contributed by atoms with E-state index in [9.17, 15) is 14.7 Å². The van der Waals surface area contributed by atoms with Crippen LogP contribution < -0.4 is 0 Å². The maximum absolute atomic E-state index is 11.9. The summed E-state index contributed by atoms with van der Waals surface area (Å²) in [7, 11) is 0. The van der Waals surface area contributed by atoms with Crippen molar-refractivity contribution in [3.63, 3.8) is 0 Å². The Bertz CT molecular complexity index is 427. The molecule has 0 radical (unpaired) electrons. The highest BCUT2D eigenvalue weighted by molar-refractivity contribution is 5.74. The van der Waals surface area contributed by atoms with Crippen molar-refractivity contribution < 1.29 is 19.8 Å². The average molecular weight is 298 g/mol. The Morgan fingerprint density at radius 1 is 1.24 bits per heavy atom. The summed E-state index contributed by atoms with van der Waals surface area (Å²) in [6, 6.07) is 0. The molecule has 0 aromatic carbocycles. The van der Waals surface area contributed by atoms with Crippen LogP contribution in [-0.4, -0.2) is 69.7 Å². The molecule has 0 bridgehead atoms. The van der Waals surface area contributed by atoms with Crippen molar-refractivity contribution in [2.75, 3.05) is 26.2 Å². The fraction of sp³-hybridized carbons (Fsp3) is 0.867. The Balaban J connectivity index is 2.08. The Morgan fingerprint density at radius 3 is 2.29 bits per heavy atom. The van der Waals surface area contributed by atoms with Gasteiger partial charge in [-0.25, -0.2) is 0 Å². The third kappa shape index (κ3) is 3.21. The van der Waals surface area contributed by atoms with E-state index in [4.69, 9.17) is 5.11 Å². The van der Waals surface area contributed by atoms with Crippen molar-refractivity contribution in [1.82, 2.24) is 9.80 Å². The zero-order valence-electron chi connectivity index (χ0n) is 13.1. The van der Waals surface area contributed by atoms with Crippen LogP contribution in [0.4, 0.5) is 0 Å². The Morgan fingerprint density at radius 2 is 1.81 bits per heavy atom. The number of piperidine rings is 2. The summed E-state index contributed by atoms with van der Waals surface area (Å²) < 4.78 is 0. The molecule has 6 heteroatoms. The number of carboxylic acid groups (broad SMARTS) is 1. The smallest absolute Gasteiger partial charge is 0.317 e. The van der Waals surface area contributed by atoms with Crippen LogP contribution in [0.2, 0.25) is 0 Å². The number of aliphatic carboxylic acids is 1. The maximum Gasteiger partial charge on any atom is 0.317 e. The SMILES string of the molecule is CC(=O)N1CC2(CCN(CC(=O)O)CC2)C[C@H](O)C1(C)C. The van der Waals surface area contributed by atoms with Crippen LogP contribution in [-0.2, 0) is 9.59 Å². The number of hydrogen-bond donors (Lipinski definition) is 2. The van der Waals surface area contributed by atoms with Gasteiger partial charge in [-0.05, 0) is 51.6 Å². The molecule has 0 unspecified atom stereocenters. The fourth-order valence-corrected chi connectivity index (χ4v) is 3.70. The molecule has 2 fully saturated rings. The van der Waals surface area contributed by atoms with Crippen molar-refractivity contribution in [2.24, 2.45) is 5.41 Å². The van der Waals surface area contributed by atoms with Crippen LogP contribution in [0.25, 0.3) is 0 Å². The second-order valence-electron chi connectivity index (χ2n) is 7.15. The predicted molar refractivity (Wildman–Crippen MR) is 77.8 cm³/mol. The maximum atomic E-state index is 11.9. The molecule has 2 heterocycles. The Kier molecular flexibility index (Phi) is 4.31. The minimum atomic E-state index is -0.805. The molecule has 2 aliphatic heterocycles. The largest absolute Gasteiger partial charge is 0.480 e. The van der Waals surface area contributed by atoms with Crippen molar-refractivity contribution in [2.45, 2.75) is 51.7 Å². The first-order chi connectivity index (χ1) is 9.66. The molecule has 6 nitrogen and oxygen atoms in total. The number of hydrogen-bond acceptors (Lipinski definition) is 4. The molecule has 2 N–H and O–H groups in total. The van der Waals surface area contributed by atoms with Gasteiger partial charge in [-0.2, -0.15) is 0 Å². The van der Waals surface area contributed by atoms with E-state index < -0.39 is 17.6 Å². The number of amides is 1. The summed E-state index contributed by atoms with van der Waals surface area (Å²) >= 11 is 0. The molecule has 2 aliphatic rings. The minimum absolute atomic E-state index is 0.00825. The molecule has 120 valence electrons. The first-order valence-corrected chi connectivity index (χ1v) is 7.57. The predicted octanol–water partition coefficient (Wildman–Crippen LogP) is 0.545. The number of aliphatic hydroxyl groups excluding tert-OH is 1. The molecule has 2 rings (SSSR count). The molecular formula is C15H26N2O4. The van der Waals surface area contributed by atoms with Gasteiger partial charge in [0.05, 0.1) is 18.2 Å². The molecule has 0 aliphatic carbocycles. The van der Waals surface area contributed by atoms with Gasteiger partial charge >= 0.3 is 5.97 Å². The summed E-state index contributed by atoms with van der Waals surface area (Å²) in [5.41, 5.74) is -0.606. The summed E-state index contributed by atoms with van der Waals surface area (Å²) in [5, 5.41) is 19.3. The second kappa shape index (κ2) is 5.57. The minimum Gasteiger partial charge on any atom is -0.480 e. The molecule has 1 atom stereocenters. The first kappa shape index (κ1) is 16.2. The van der Waals surface area contributed by atoms with E-state index in [0.29, 0.717) is 26.1 Å². The number of carbonyl (C=O) groups excluding carboxylic acids is 1. The van der Waals surface area contributed by atoms with Crippen molar-refractivity contribution >= 4 is 11.9 Å². The highest BCUT2D eigenvalue weighted by Gasteiger charge is 2.50. The Labute approximate surface area is 125 Å². The molecule has 2 saturated heterocycles. The zero-order valence-corrected chi connectivity index (χ0v) is 13.1. The summed E-state index contributed by atoms with van der Waals surface area (Å²) in [4.78, 5) is 26.4. The van der Waals surface area contributed by atoms with Gasteiger partial charge in [-0.3, -0.25) is 14.5 Å². The summed E-state index contributed by atoms with van der Waals surface area (Å²) in [5.74, 6) is -0.813. The van der Waals surface area contributed by atoms with E-state index in [2.05, 4.69) is 0 Å². The normalized spacial score (nSPS) is 28.6. The van der Waals surface area contributed by atoms with E-state index in [0.717, 1.165) is 12.8 Å². The van der Waals surface area contributed by atoms with E-state index in [1.165, 1.54) is 0 Å². The highest BCUT2D eigenvalue weighted by atomic mass is 16.4. The number of likely N-dealkylation sites (tertiary alicyclic amines) is 2. The van der Waals surface area contributed by atoms with Gasteiger partial charge in [0, 0.05) is 13.5 Å². The molecule has 0 aromatic heterocycles. The molecule has 1 amide bonds. The number of rotatable bonds is 2. The lowest BCUT2D eigenvalue weighted by Crippen LogP contribution is -2.64. The zero-order chi connectivity index (χ0) is 15.8. The third-order valence-electron chi connectivity index (χ3n) is 5.29. The van der Waals surface area contributed by atoms with E-state index >= 15 is 0 Å². The second-order valence-corrected chi connectivity index (χ2v) is 7.15. The summed E-state index contributed by atoms with van der Waals surface area (Å²) in [6.07, 6.45) is 1.81. The summed E-state index contributed by atoms with van der Waals surface area (Å²) in [6.45, 7) is 7.52. The topological polar surface area (TPSA) is 81.1 Å². The van der Waals surface area contributed by atoms with E-state index in [1.54, 1.807) is 11.8 Å². The van der Waals surface area contributed by atoms with E-state index in [1.807, 2.05) is 18.7 Å². The third-order valence-corrected chi connectivity index (χ3v) is 5.29. The van der Waals surface area contributed by atoms with Crippen LogP contribution in [0.1, 0.15) is 40.0 Å². The quantitative estimate of drug-likeness (QED) is 0.778. The molecule has 21 heavy (non-hydrogen) atoms. The number of carbonyl (C=O) groups is 2. The van der Waals surface area contributed by atoms with E-state index in [-0.39, 0.29) is 17.9 Å². The lowest BCUT2D eigenvalue weighted by Gasteiger charge is -2.55. The van der Waals surface area contributed by atoms with Crippen LogP contribution in [0.3, 0.4) is 0 Å².